The zero-order valence-corrected chi connectivity index (χ0v) is 8.70. The fourth-order valence-electron chi connectivity index (χ4n) is 1.28. The molecule has 7 nitrogen and oxygen atoms in total. The van der Waals surface area contributed by atoms with Crippen molar-refractivity contribution in [3.63, 3.8) is 0 Å². The quantitative estimate of drug-likeness (QED) is 0.539. The predicted molar refractivity (Wildman–Crippen MR) is 50.3 cm³/mol. The lowest BCUT2D eigenvalue weighted by Gasteiger charge is -2.41. The number of carbonyl (C=O) groups excluding carboxylic acids is 1. The maximum absolute atomic E-state index is 10.8. The predicted octanol–water partition coefficient (Wildman–Crippen LogP) is -2.71. The van der Waals surface area contributed by atoms with Crippen LogP contribution in [0.1, 0.15) is 0 Å². The van der Waals surface area contributed by atoms with Crippen LogP contribution in [0.5, 0.6) is 0 Å². The average molecular weight is 222 g/mol. The van der Waals surface area contributed by atoms with Gasteiger partial charge in [0.05, 0.1) is 6.54 Å². The molecule has 0 spiro atoms. The second-order valence-electron chi connectivity index (χ2n) is 3.40. The monoisotopic (exact) mass is 222 g/mol. The molecule has 0 atom stereocenters. The van der Waals surface area contributed by atoms with Crippen molar-refractivity contribution in [1.29, 1.82) is 0 Å². The minimum atomic E-state index is -3.57. The molecular weight excluding hydrogens is 208 g/mol. The van der Waals surface area contributed by atoms with Gasteiger partial charge in [-0.2, -0.15) is 12.7 Å². The highest BCUT2D eigenvalue weighted by atomic mass is 32.2. The van der Waals surface area contributed by atoms with Gasteiger partial charge in [0, 0.05) is 19.1 Å². The van der Waals surface area contributed by atoms with Gasteiger partial charge in [0.2, 0.25) is 5.91 Å². The summed E-state index contributed by atoms with van der Waals surface area (Å²) in [5.74, 6) is -0.429. The zero-order chi connectivity index (χ0) is 10.9. The highest BCUT2D eigenvalue weighted by molar-refractivity contribution is 7.86. The Morgan fingerprint density at radius 1 is 1.57 bits per heavy atom. The van der Waals surface area contributed by atoms with Gasteiger partial charge >= 0.3 is 0 Å². The first kappa shape index (κ1) is 11.4. The van der Waals surface area contributed by atoms with Crippen molar-refractivity contribution in [3.8, 4) is 0 Å². The molecule has 1 aliphatic rings. The van der Waals surface area contributed by atoms with E-state index in [1.165, 1.54) is 0 Å². The van der Waals surface area contributed by atoms with Crippen LogP contribution in [0.2, 0.25) is 0 Å². The summed E-state index contributed by atoms with van der Waals surface area (Å²) in [6.45, 7) is 0.772. The van der Waals surface area contributed by atoms with Crippen molar-refractivity contribution < 1.29 is 13.2 Å². The molecule has 1 saturated heterocycles. The molecule has 0 bridgehead atoms. The number of amides is 1. The Bertz CT molecular complexity index is 322. The van der Waals surface area contributed by atoms with Gasteiger partial charge in [-0.25, -0.2) is 5.14 Å². The van der Waals surface area contributed by atoms with Gasteiger partial charge in [0.15, 0.2) is 0 Å². The third-order valence-electron chi connectivity index (χ3n) is 2.22. The standard InChI is InChI=1S/C6H14N4O3S/c1-9(4-6(7)11)5-2-10(3-5)14(8,12)13/h5H,2-4H2,1H3,(H2,7,11)(H2,8,12,13). The minimum Gasteiger partial charge on any atom is -0.369 e. The van der Waals surface area contributed by atoms with Crippen LogP contribution in [0.15, 0.2) is 0 Å². The van der Waals surface area contributed by atoms with E-state index in [0.717, 1.165) is 4.31 Å². The number of carbonyl (C=O) groups is 1. The van der Waals surface area contributed by atoms with E-state index < -0.39 is 16.1 Å². The van der Waals surface area contributed by atoms with Crippen LogP contribution < -0.4 is 10.9 Å². The average Bonchev–Trinajstić information content (AvgIpc) is 1.75. The van der Waals surface area contributed by atoms with E-state index >= 15 is 0 Å². The van der Waals surface area contributed by atoms with Crippen molar-refractivity contribution in [1.82, 2.24) is 9.21 Å². The molecule has 0 radical (unpaired) electrons. The van der Waals surface area contributed by atoms with E-state index in [4.69, 9.17) is 10.9 Å². The molecule has 1 aliphatic heterocycles. The maximum Gasteiger partial charge on any atom is 0.277 e. The third-order valence-corrected chi connectivity index (χ3v) is 3.24. The number of rotatable bonds is 4. The number of primary amides is 1. The van der Waals surface area contributed by atoms with Crippen molar-refractivity contribution >= 4 is 16.1 Å². The fourth-order valence-corrected chi connectivity index (χ4v) is 2.04. The van der Waals surface area contributed by atoms with E-state index in [9.17, 15) is 13.2 Å². The second kappa shape index (κ2) is 3.81. The Hall–Kier alpha value is -0.700. The highest BCUT2D eigenvalue weighted by Gasteiger charge is 2.36. The van der Waals surface area contributed by atoms with E-state index in [1.54, 1.807) is 11.9 Å². The molecule has 0 unspecified atom stereocenters. The largest absolute Gasteiger partial charge is 0.369 e. The Morgan fingerprint density at radius 3 is 2.43 bits per heavy atom. The normalized spacial score (nSPS) is 19.6. The first-order valence-electron chi connectivity index (χ1n) is 4.07. The number of nitrogens with zero attached hydrogens (tertiary/aromatic N) is 2. The molecule has 1 amide bonds. The van der Waals surface area contributed by atoms with Gasteiger partial charge < -0.3 is 5.73 Å². The molecule has 4 N–H and O–H groups in total. The van der Waals surface area contributed by atoms with Gasteiger partial charge in [-0.05, 0) is 7.05 Å². The molecule has 1 rings (SSSR count). The lowest BCUT2D eigenvalue weighted by atomic mass is 10.1. The smallest absolute Gasteiger partial charge is 0.277 e. The highest BCUT2D eigenvalue weighted by Crippen LogP contribution is 2.14. The van der Waals surface area contributed by atoms with Crippen LogP contribution in [0.4, 0.5) is 0 Å². The van der Waals surface area contributed by atoms with Crippen LogP contribution in [0, 0.1) is 0 Å². The lowest BCUT2D eigenvalue weighted by molar-refractivity contribution is -0.119. The number of nitrogens with two attached hydrogens (primary N) is 2. The maximum atomic E-state index is 10.8. The molecule has 0 aromatic carbocycles. The van der Waals surface area contributed by atoms with Gasteiger partial charge in [0.1, 0.15) is 0 Å². The van der Waals surface area contributed by atoms with Crippen LogP contribution in [-0.4, -0.2) is 56.3 Å². The van der Waals surface area contributed by atoms with Crippen molar-refractivity contribution in [3.05, 3.63) is 0 Å². The molecule has 0 aliphatic carbocycles. The Morgan fingerprint density at radius 2 is 2.07 bits per heavy atom. The first-order valence-corrected chi connectivity index (χ1v) is 5.57. The molecule has 1 fully saturated rings. The lowest BCUT2D eigenvalue weighted by Crippen LogP contribution is -2.62. The summed E-state index contributed by atoms with van der Waals surface area (Å²) in [6, 6.07) is 0.0285. The Balaban J connectivity index is 2.38. The fraction of sp³-hybridized carbons (Fsp3) is 0.833. The summed E-state index contributed by atoms with van der Waals surface area (Å²) in [5, 5.41) is 4.89. The van der Waals surface area contributed by atoms with Crippen LogP contribution in [0.3, 0.4) is 0 Å². The van der Waals surface area contributed by atoms with Gasteiger partial charge in [-0.15, -0.1) is 0 Å². The molecule has 0 saturated carbocycles. The SMILES string of the molecule is CN(CC(N)=O)C1CN(S(N)(=O)=O)C1. The van der Waals surface area contributed by atoms with E-state index in [2.05, 4.69) is 0 Å². The number of hydrogen-bond donors (Lipinski definition) is 2. The number of hydrogen-bond acceptors (Lipinski definition) is 4. The molecule has 0 aromatic heterocycles. The van der Waals surface area contributed by atoms with Crippen LogP contribution in [-0.2, 0) is 15.0 Å². The summed E-state index contributed by atoms with van der Waals surface area (Å²) in [5.41, 5.74) is 4.99. The zero-order valence-electron chi connectivity index (χ0n) is 7.88. The molecule has 0 aromatic rings. The molecular formula is C6H14N4O3S. The molecule has 14 heavy (non-hydrogen) atoms. The number of likely N-dealkylation sites (N-methyl/N-ethyl adjacent to an activating group) is 1. The first-order chi connectivity index (χ1) is 6.30. The second-order valence-corrected chi connectivity index (χ2v) is 4.94. The van der Waals surface area contributed by atoms with E-state index in [0.29, 0.717) is 13.1 Å². The summed E-state index contributed by atoms with van der Waals surface area (Å²) < 4.78 is 22.7. The van der Waals surface area contributed by atoms with Crippen molar-refractivity contribution in [2.24, 2.45) is 10.9 Å². The van der Waals surface area contributed by atoms with Crippen molar-refractivity contribution in [2.45, 2.75) is 6.04 Å². The van der Waals surface area contributed by atoms with Gasteiger partial charge in [-0.1, -0.05) is 0 Å². The minimum absolute atomic E-state index is 0.0285. The summed E-state index contributed by atoms with van der Waals surface area (Å²) in [6.07, 6.45) is 0. The molecule has 8 heteroatoms. The van der Waals surface area contributed by atoms with Crippen LogP contribution in [0.25, 0.3) is 0 Å². The summed E-state index contributed by atoms with van der Waals surface area (Å²) >= 11 is 0. The molecule has 1 heterocycles. The Labute approximate surface area is 82.8 Å². The topological polar surface area (TPSA) is 110 Å². The van der Waals surface area contributed by atoms with Crippen molar-refractivity contribution in [2.75, 3.05) is 26.7 Å². The van der Waals surface area contributed by atoms with E-state index in [1.807, 2.05) is 0 Å². The van der Waals surface area contributed by atoms with Gasteiger partial charge in [0.25, 0.3) is 10.2 Å². The summed E-state index contributed by atoms with van der Waals surface area (Å²) in [7, 11) is -1.85. The van der Waals surface area contributed by atoms with Crippen LogP contribution >= 0.6 is 0 Å². The molecule has 82 valence electrons. The van der Waals surface area contributed by atoms with E-state index in [-0.39, 0.29) is 12.6 Å². The summed E-state index contributed by atoms with van der Waals surface area (Å²) in [4.78, 5) is 12.3. The Kier molecular flexibility index (Phi) is 3.10. The third kappa shape index (κ3) is 2.64. The van der Waals surface area contributed by atoms with Gasteiger partial charge in [-0.3, -0.25) is 9.69 Å².